The third-order valence-corrected chi connectivity index (χ3v) is 3.76. The minimum atomic E-state index is -1.40. The number of para-hydroxylation sites is 2. The summed E-state index contributed by atoms with van der Waals surface area (Å²) < 4.78 is 5.53. The highest BCUT2D eigenvalue weighted by atomic mass is 16.5. The fourth-order valence-electron chi connectivity index (χ4n) is 2.62. The van der Waals surface area contributed by atoms with Crippen LogP contribution in [0.15, 0.2) is 24.3 Å². The Morgan fingerprint density at radius 3 is 2.36 bits per heavy atom. The molecule has 10 heteroatoms. The van der Waals surface area contributed by atoms with Gasteiger partial charge in [0.2, 0.25) is 5.91 Å². The maximum absolute atomic E-state index is 11.4. The minimum absolute atomic E-state index is 0.237. The van der Waals surface area contributed by atoms with Crippen LogP contribution in [-0.4, -0.2) is 69.6 Å². The zero-order chi connectivity index (χ0) is 18.6. The van der Waals surface area contributed by atoms with Gasteiger partial charge >= 0.3 is 6.09 Å². The Balaban J connectivity index is 2.27. The van der Waals surface area contributed by atoms with Gasteiger partial charge in [-0.15, -0.1) is 0 Å². The fourth-order valence-corrected chi connectivity index (χ4v) is 2.62. The summed E-state index contributed by atoms with van der Waals surface area (Å²) in [6.07, 6.45) is -6.15. The van der Waals surface area contributed by atoms with Gasteiger partial charge in [-0.25, -0.2) is 4.79 Å². The van der Waals surface area contributed by atoms with E-state index in [-0.39, 0.29) is 5.69 Å². The van der Waals surface area contributed by atoms with Crippen LogP contribution in [0.1, 0.15) is 6.92 Å². The first kappa shape index (κ1) is 18.9. The molecule has 2 amide bonds. The van der Waals surface area contributed by atoms with Gasteiger partial charge in [0.05, 0.1) is 18.0 Å². The van der Waals surface area contributed by atoms with Crippen LogP contribution in [0, 0.1) is 0 Å². The zero-order valence-corrected chi connectivity index (χ0v) is 13.4. The Kier molecular flexibility index (Phi) is 6.15. The lowest BCUT2D eigenvalue weighted by atomic mass is 9.95. The van der Waals surface area contributed by atoms with E-state index in [0.717, 1.165) is 0 Å². The third-order valence-electron chi connectivity index (χ3n) is 3.76. The number of carboxylic acid groups (broad SMARTS) is 1. The average Bonchev–Trinajstić information content (AvgIpc) is 2.55. The SMILES string of the molecule is CC(=O)N[C@H]1C(Nc2ccccc2NC(=O)O)O[C@H](CO)[C@@H](O)[C@@H]1O. The van der Waals surface area contributed by atoms with Crippen molar-refractivity contribution in [2.24, 2.45) is 0 Å². The number of ether oxygens (including phenoxy) is 1. The first-order valence-electron chi connectivity index (χ1n) is 7.58. The van der Waals surface area contributed by atoms with Crippen molar-refractivity contribution in [2.75, 3.05) is 17.2 Å². The standard InChI is InChI=1S/C15H21N3O7/c1-7(20)16-11-13(22)12(21)10(6-19)25-14(11)17-8-4-2-3-5-9(8)18-15(23)24/h2-5,10-14,17-19,21-22H,6H2,1H3,(H,16,20)(H,23,24)/t10-,11-,12-,13-,14?/m1/s1. The molecular weight excluding hydrogens is 334 g/mol. The largest absolute Gasteiger partial charge is 0.465 e. The van der Waals surface area contributed by atoms with Crippen LogP contribution >= 0.6 is 0 Å². The van der Waals surface area contributed by atoms with Crippen LogP contribution in [0.3, 0.4) is 0 Å². The van der Waals surface area contributed by atoms with Crippen LogP contribution in [-0.2, 0) is 9.53 Å². The summed E-state index contributed by atoms with van der Waals surface area (Å²) in [7, 11) is 0. The van der Waals surface area contributed by atoms with Crippen LogP contribution in [0.2, 0.25) is 0 Å². The number of benzene rings is 1. The maximum atomic E-state index is 11.4. The topological polar surface area (TPSA) is 160 Å². The monoisotopic (exact) mass is 355 g/mol. The number of amides is 2. The molecule has 1 unspecified atom stereocenters. The van der Waals surface area contributed by atoms with Gasteiger partial charge in [0.25, 0.3) is 0 Å². The van der Waals surface area contributed by atoms with E-state index < -0.39 is 49.2 Å². The highest BCUT2D eigenvalue weighted by Crippen LogP contribution is 2.27. The second kappa shape index (κ2) is 8.12. The number of aliphatic hydroxyl groups excluding tert-OH is 3. The molecule has 0 aliphatic carbocycles. The lowest BCUT2D eigenvalue weighted by molar-refractivity contribution is -0.188. The van der Waals surface area contributed by atoms with Crippen molar-refractivity contribution in [2.45, 2.75) is 37.5 Å². The Hall–Kier alpha value is -2.40. The molecule has 0 bridgehead atoms. The Morgan fingerprint density at radius 1 is 1.16 bits per heavy atom. The van der Waals surface area contributed by atoms with E-state index in [4.69, 9.17) is 9.84 Å². The predicted octanol–water partition coefficient (Wildman–Crippen LogP) is -0.868. The highest BCUT2D eigenvalue weighted by Gasteiger charge is 2.44. The van der Waals surface area contributed by atoms with E-state index >= 15 is 0 Å². The zero-order valence-electron chi connectivity index (χ0n) is 13.4. The molecule has 0 aromatic heterocycles. The van der Waals surface area contributed by atoms with E-state index in [9.17, 15) is 24.9 Å². The molecule has 138 valence electrons. The second-order valence-electron chi connectivity index (χ2n) is 5.61. The van der Waals surface area contributed by atoms with E-state index in [1.165, 1.54) is 13.0 Å². The smallest absolute Gasteiger partial charge is 0.409 e. The summed E-state index contributed by atoms with van der Waals surface area (Å²) in [5.41, 5.74) is 0.576. The summed E-state index contributed by atoms with van der Waals surface area (Å²) in [5.74, 6) is -0.453. The number of rotatable bonds is 5. The van der Waals surface area contributed by atoms with Crippen molar-refractivity contribution in [1.29, 1.82) is 0 Å². The van der Waals surface area contributed by atoms with Gasteiger partial charge in [-0.2, -0.15) is 0 Å². The molecule has 1 fully saturated rings. The van der Waals surface area contributed by atoms with Gasteiger partial charge in [-0.3, -0.25) is 10.1 Å². The lowest BCUT2D eigenvalue weighted by Crippen LogP contribution is -2.65. The molecule has 7 N–H and O–H groups in total. The van der Waals surface area contributed by atoms with Crippen molar-refractivity contribution in [3.05, 3.63) is 24.3 Å². The molecule has 0 radical (unpaired) electrons. The molecule has 0 spiro atoms. The Bertz CT molecular complexity index is 627. The minimum Gasteiger partial charge on any atom is -0.465 e. The van der Waals surface area contributed by atoms with Gasteiger partial charge in [0.15, 0.2) is 6.23 Å². The average molecular weight is 355 g/mol. The maximum Gasteiger partial charge on any atom is 0.409 e. The van der Waals surface area contributed by atoms with E-state index in [2.05, 4.69) is 16.0 Å². The lowest BCUT2D eigenvalue weighted by Gasteiger charge is -2.43. The first-order chi connectivity index (χ1) is 11.8. The predicted molar refractivity (Wildman–Crippen MR) is 87.1 cm³/mol. The molecule has 2 rings (SSSR count). The fraction of sp³-hybridized carbons (Fsp3) is 0.467. The van der Waals surface area contributed by atoms with E-state index in [1.54, 1.807) is 18.2 Å². The summed E-state index contributed by atoms with van der Waals surface area (Å²) in [6.45, 7) is 0.701. The molecular formula is C15H21N3O7. The molecule has 1 saturated heterocycles. The number of hydrogen-bond donors (Lipinski definition) is 7. The van der Waals surface area contributed by atoms with Crippen molar-refractivity contribution < 1.29 is 34.8 Å². The van der Waals surface area contributed by atoms with Crippen molar-refractivity contribution in [3.63, 3.8) is 0 Å². The van der Waals surface area contributed by atoms with Gasteiger partial charge in [0.1, 0.15) is 24.4 Å². The van der Waals surface area contributed by atoms with Gasteiger partial charge in [0, 0.05) is 6.92 Å². The molecule has 10 nitrogen and oxygen atoms in total. The van der Waals surface area contributed by atoms with Crippen molar-refractivity contribution in [3.8, 4) is 0 Å². The quantitative estimate of drug-likeness (QED) is 0.359. The van der Waals surface area contributed by atoms with Crippen LogP contribution in [0.4, 0.5) is 16.2 Å². The number of nitrogens with one attached hydrogen (secondary N) is 3. The van der Waals surface area contributed by atoms with Crippen molar-refractivity contribution in [1.82, 2.24) is 5.32 Å². The molecule has 1 aliphatic rings. The summed E-state index contributed by atoms with van der Waals surface area (Å²) in [6, 6.07) is 5.35. The van der Waals surface area contributed by atoms with Crippen LogP contribution in [0.5, 0.6) is 0 Å². The van der Waals surface area contributed by atoms with Gasteiger partial charge in [-0.05, 0) is 12.1 Å². The molecule has 1 aromatic carbocycles. The molecule has 1 aromatic rings. The normalized spacial score (nSPS) is 28.9. The van der Waals surface area contributed by atoms with Gasteiger partial charge < -0.3 is 35.8 Å². The van der Waals surface area contributed by atoms with E-state index in [0.29, 0.717) is 5.69 Å². The van der Waals surface area contributed by atoms with Gasteiger partial charge in [-0.1, -0.05) is 12.1 Å². The molecule has 5 atom stereocenters. The Labute approximate surface area is 143 Å². The highest BCUT2D eigenvalue weighted by molar-refractivity contribution is 5.88. The molecule has 1 heterocycles. The molecule has 0 saturated carbocycles. The first-order valence-corrected chi connectivity index (χ1v) is 7.58. The molecule has 25 heavy (non-hydrogen) atoms. The number of aliphatic hydroxyl groups is 3. The number of carbonyl (C=O) groups is 2. The summed E-state index contributed by atoms with van der Waals surface area (Å²) in [4.78, 5) is 22.3. The van der Waals surface area contributed by atoms with Crippen LogP contribution in [0.25, 0.3) is 0 Å². The summed E-state index contributed by atoms with van der Waals surface area (Å²) in [5, 5.41) is 46.0. The van der Waals surface area contributed by atoms with Crippen molar-refractivity contribution >= 4 is 23.4 Å². The Morgan fingerprint density at radius 2 is 1.80 bits per heavy atom. The number of anilines is 2. The van der Waals surface area contributed by atoms with Crippen LogP contribution < -0.4 is 16.0 Å². The number of hydrogen-bond acceptors (Lipinski definition) is 7. The summed E-state index contributed by atoms with van der Waals surface area (Å²) >= 11 is 0. The molecule has 1 aliphatic heterocycles. The number of carbonyl (C=O) groups excluding carboxylic acids is 1. The second-order valence-corrected chi connectivity index (χ2v) is 5.61. The third kappa shape index (κ3) is 4.57. The van der Waals surface area contributed by atoms with E-state index in [1.807, 2.05) is 0 Å².